The Morgan fingerprint density at radius 3 is 2.65 bits per heavy atom. The first-order chi connectivity index (χ1) is 8.19. The Hall–Kier alpha value is -1.48. The predicted molar refractivity (Wildman–Crippen MR) is 69.0 cm³/mol. The fourth-order valence-corrected chi connectivity index (χ4v) is 1.47. The molecule has 7 heteroatoms. The molecular weight excluding hydrogens is 338 g/mol. The van der Waals surface area contributed by atoms with Gasteiger partial charge in [-0.2, -0.15) is 9.37 Å². The Kier molecular flexibility index (Phi) is 3.69. The van der Waals surface area contributed by atoms with Gasteiger partial charge in [-0.1, -0.05) is 0 Å². The quantitative estimate of drug-likeness (QED) is 0.507. The van der Waals surface area contributed by atoms with Crippen molar-refractivity contribution < 1.29 is 9.13 Å². The molecule has 0 unspecified atom stereocenters. The Balaban J connectivity index is 2.25. The first-order valence-corrected chi connectivity index (χ1v) is 5.69. The lowest BCUT2D eigenvalue weighted by molar-refractivity contribution is 0.420. The van der Waals surface area contributed by atoms with Gasteiger partial charge in [-0.05, 0) is 46.9 Å². The van der Waals surface area contributed by atoms with Crippen molar-refractivity contribution in [2.45, 2.75) is 0 Å². The highest BCUT2D eigenvalue weighted by atomic mass is 127. The number of ether oxygens (including phenoxy) is 1. The van der Waals surface area contributed by atoms with Gasteiger partial charge in [0.25, 0.3) is 5.88 Å². The number of nitrogens with zero attached hydrogens (tertiary/aromatic N) is 2. The van der Waals surface area contributed by atoms with Crippen LogP contribution in [0.4, 0.5) is 10.3 Å². The number of hydrazine groups is 1. The third-order valence-corrected chi connectivity index (χ3v) is 2.59. The molecule has 0 atom stereocenters. The molecule has 1 heterocycles. The number of anilines is 1. The number of halogens is 2. The van der Waals surface area contributed by atoms with Gasteiger partial charge >= 0.3 is 0 Å². The van der Waals surface area contributed by atoms with Gasteiger partial charge in [-0.15, -0.1) is 0 Å². The smallest absolute Gasteiger partial charge is 0.260 e. The van der Waals surface area contributed by atoms with Crippen LogP contribution >= 0.6 is 22.6 Å². The molecule has 1 aromatic heterocycles. The maximum atomic E-state index is 13.4. The summed E-state index contributed by atoms with van der Waals surface area (Å²) in [7, 11) is 0. The fourth-order valence-electron chi connectivity index (χ4n) is 1.11. The molecule has 0 saturated heterocycles. The normalized spacial score (nSPS) is 10.1. The van der Waals surface area contributed by atoms with Crippen LogP contribution in [-0.2, 0) is 0 Å². The third kappa shape index (κ3) is 3.01. The standard InChI is InChI=1S/C10H8FIN4O/c11-8-5-14-10(16-13)15-9(8)17-7-3-1-6(12)2-4-7/h1-5H,13H2,(H,14,15,16). The number of hydrogen-bond acceptors (Lipinski definition) is 5. The van der Waals surface area contributed by atoms with Crippen LogP contribution in [0.2, 0.25) is 0 Å². The van der Waals surface area contributed by atoms with Gasteiger partial charge in [0, 0.05) is 3.57 Å². The number of benzene rings is 1. The zero-order valence-electron chi connectivity index (χ0n) is 8.52. The largest absolute Gasteiger partial charge is 0.436 e. The zero-order chi connectivity index (χ0) is 12.3. The van der Waals surface area contributed by atoms with Gasteiger partial charge in [-0.3, -0.25) is 5.43 Å². The van der Waals surface area contributed by atoms with Gasteiger partial charge in [0.2, 0.25) is 11.8 Å². The molecule has 0 bridgehead atoms. The second-order valence-corrected chi connectivity index (χ2v) is 4.29. The highest BCUT2D eigenvalue weighted by Crippen LogP contribution is 2.23. The van der Waals surface area contributed by atoms with E-state index < -0.39 is 5.82 Å². The summed E-state index contributed by atoms with van der Waals surface area (Å²) in [5, 5.41) is 0. The number of nitrogens with one attached hydrogen (secondary N) is 1. The molecule has 0 spiro atoms. The summed E-state index contributed by atoms with van der Waals surface area (Å²) in [4.78, 5) is 7.37. The second kappa shape index (κ2) is 5.23. The van der Waals surface area contributed by atoms with E-state index in [4.69, 9.17) is 10.6 Å². The topological polar surface area (TPSA) is 73.1 Å². The van der Waals surface area contributed by atoms with E-state index in [9.17, 15) is 4.39 Å². The molecule has 1 aromatic carbocycles. The van der Waals surface area contributed by atoms with Crippen molar-refractivity contribution in [3.05, 3.63) is 39.8 Å². The molecule has 17 heavy (non-hydrogen) atoms. The van der Waals surface area contributed by atoms with Gasteiger partial charge in [-0.25, -0.2) is 10.8 Å². The molecule has 0 aliphatic carbocycles. The Morgan fingerprint density at radius 1 is 1.29 bits per heavy atom. The van der Waals surface area contributed by atoms with Crippen LogP contribution in [0, 0.1) is 9.39 Å². The van der Waals surface area contributed by atoms with Crippen molar-refractivity contribution >= 4 is 28.5 Å². The molecule has 0 aliphatic rings. The van der Waals surface area contributed by atoms with E-state index in [1.807, 2.05) is 12.1 Å². The molecule has 2 aromatic rings. The molecule has 0 saturated carbocycles. The van der Waals surface area contributed by atoms with E-state index in [1.165, 1.54) is 0 Å². The lowest BCUT2D eigenvalue weighted by Gasteiger charge is -2.06. The van der Waals surface area contributed by atoms with E-state index in [-0.39, 0.29) is 11.8 Å². The highest BCUT2D eigenvalue weighted by molar-refractivity contribution is 14.1. The van der Waals surface area contributed by atoms with Crippen LogP contribution in [0.3, 0.4) is 0 Å². The number of aromatic nitrogens is 2. The highest BCUT2D eigenvalue weighted by Gasteiger charge is 2.08. The SMILES string of the molecule is NNc1ncc(F)c(Oc2ccc(I)cc2)n1. The number of rotatable bonds is 3. The zero-order valence-corrected chi connectivity index (χ0v) is 10.7. The molecule has 2 rings (SSSR count). The molecule has 0 aliphatic heterocycles. The Morgan fingerprint density at radius 2 is 2.00 bits per heavy atom. The van der Waals surface area contributed by atoms with Gasteiger partial charge in [0.15, 0.2) is 0 Å². The van der Waals surface area contributed by atoms with Crippen molar-refractivity contribution in [2.75, 3.05) is 5.43 Å². The summed E-state index contributed by atoms with van der Waals surface area (Å²) in [6.07, 6.45) is 0.990. The number of nitrogens with two attached hydrogens (primary N) is 1. The Labute approximate surface area is 110 Å². The Bertz CT molecular complexity index is 520. The molecule has 0 amide bonds. The van der Waals surface area contributed by atoms with E-state index in [2.05, 4.69) is 38.0 Å². The fraction of sp³-hybridized carbons (Fsp3) is 0. The maximum absolute atomic E-state index is 13.4. The summed E-state index contributed by atoms with van der Waals surface area (Å²) in [6, 6.07) is 7.13. The monoisotopic (exact) mass is 346 g/mol. The molecule has 0 fully saturated rings. The number of hydrogen-bond donors (Lipinski definition) is 2. The molecule has 3 N–H and O–H groups in total. The van der Waals surface area contributed by atoms with Crippen LogP contribution in [0.15, 0.2) is 30.5 Å². The van der Waals surface area contributed by atoms with Crippen LogP contribution < -0.4 is 16.0 Å². The van der Waals surface area contributed by atoms with Crippen LogP contribution in [-0.4, -0.2) is 9.97 Å². The number of nitrogen functional groups attached to an aromatic ring is 1. The summed E-state index contributed by atoms with van der Waals surface area (Å²) >= 11 is 2.16. The third-order valence-electron chi connectivity index (χ3n) is 1.87. The summed E-state index contributed by atoms with van der Waals surface area (Å²) in [5.41, 5.74) is 2.22. The minimum atomic E-state index is -0.650. The molecule has 88 valence electrons. The van der Waals surface area contributed by atoms with E-state index in [0.717, 1.165) is 9.77 Å². The van der Waals surface area contributed by atoms with E-state index in [1.54, 1.807) is 12.1 Å². The van der Waals surface area contributed by atoms with Crippen molar-refractivity contribution in [2.24, 2.45) is 5.84 Å². The average Bonchev–Trinajstić information content (AvgIpc) is 2.35. The summed E-state index contributed by atoms with van der Waals surface area (Å²) in [5.74, 6) is 4.89. The molecule has 5 nitrogen and oxygen atoms in total. The van der Waals surface area contributed by atoms with Crippen LogP contribution in [0.1, 0.15) is 0 Å². The van der Waals surface area contributed by atoms with Crippen LogP contribution in [0.25, 0.3) is 0 Å². The minimum Gasteiger partial charge on any atom is -0.436 e. The average molecular weight is 346 g/mol. The second-order valence-electron chi connectivity index (χ2n) is 3.05. The van der Waals surface area contributed by atoms with Crippen molar-refractivity contribution in [3.8, 4) is 11.6 Å². The van der Waals surface area contributed by atoms with E-state index >= 15 is 0 Å². The lowest BCUT2D eigenvalue weighted by Crippen LogP contribution is -2.11. The van der Waals surface area contributed by atoms with Gasteiger partial charge in [0.1, 0.15) is 5.75 Å². The summed E-state index contributed by atoms with van der Waals surface area (Å²) < 4.78 is 19.7. The predicted octanol–water partition coefficient (Wildman–Crippen LogP) is 2.30. The van der Waals surface area contributed by atoms with E-state index in [0.29, 0.717) is 5.75 Å². The van der Waals surface area contributed by atoms with Gasteiger partial charge < -0.3 is 4.74 Å². The van der Waals surface area contributed by atoms with Crippen LogP contribution in [0.5, 0.6) is 11.6 Å². The summed E-state index contributed by atoms with van der Waals surface area (Å²) in [6.45, 7) is 0. The lowest BCUT2D eigenvalue weighted by atomic mass is 10.3. The maximum Gasteiger partial charge on any atom is 0.260 e. The first-order valence-electron chi connectivity index (χ1n) is 4.61. The van der Waals surface area contributed by atoms with Crippen molar-refractivity contribution in [3.63, 3.8) is 0 Å². The minimum absolute atomic E-state index is 0.0897. The van der Waals surface area contributed by atoms with Crippen molar-refractivity contribution in [1.82, 2.24) is 9.97 Å². The van der Waals surface area contributed by atoms with Gasteiger partial charge in [0.05, 0.1) is 6.20 Å². The first kappa shape index (κ1) is 12.0. The molecular formula is C10H8FIN4O. The van der Waals surface area contributed by atoms with Crippen molar-refractivity contribution in [1.29, 1.82) is 0 Å². The molecule has 0 radical (unpaired) electrons.